The van der Waals surface area contributed by atoms with Crippen molar-refractivity contribution in [2.24, 2.45) is 0 Å². The number of pyridine rings is 1. The van der Waals surface area contributed by atoms with E-state index < -0.39 is 0 Å². The summed E-state index contributed by atoms with van der Waals surface area (Å²) in [7, 11) is 2.74. The normalized spacial score (nSPS) is 18.4. The van der Waals surface area contributed by atoms with Crippen LogP contribution in [0.3, 0.4) is 0 Å². The Kier molecular flexibility index (Phi) is 2.35. The van der Waals surface area contributed by atoms with E-state index in [1.807, 2.05) is 25.3 Å². The van der Waals surface area contributed by atoms with Crippen molar-refractivity contribution < 1.29 is 5.11 Å². The molecule has 0 aromatic carbocycles. The minimum atomic E-state index is -0.0345. The van der Waals surface area contributed by atoms with Crippen LogP contribution in [0.2, 0.25) is 0 Å². The van der Waals surface area contributed by atoms with Crippen molar-refractivity contribution in [1.82, 2.24) is 14.6 Å². The highest BCUT2D eigenvalue weighted by Crippen LogP contribution is 2.33. The second-order valence-corrected chi connectivity index (χ2v) is 5.95. The van der Waals surface area contributed by atoms with Gasteiger partial charge >= 0.3 is 0 Å². The molecule has 1 saturated heterocycles. The maximum Gasteiger partial charge on any atom is 0.155 e. The highest BCUT2D eigenvalue weighted by atomic mass is 31.0. The van der Waals surface area contributed by atoms with Crippen LogP contribution in [0.25, 0.3) is 5.65 Å². The molecule has 1 unspecified atom stereocenters. The number of rotatable bonds is 2. The van der Waals surface area contributed by atoms with Crippen molar-refractivity contribution in [3.8, 4) is 0 Å². The number of hydrogen-bond donors (Lipinski definition) is 1. The summed E-state index contributed by atoms with van der Waals surface area (Å²) in [5.41, 5.74) is 1.99. The molecule has 1 atom stereocenters. The molecule has 5 nitrogen and oxygen atoms in total. The molecule has 0 spiro atoms. The lowest BCUT2D eigenvalue weighted by molar-refractivity contribution is 0.223. The first kappa shape index (κ1) is 10.9. The van der Waals surface area contributed by atoms with E-state index in [2.05, 4.69) is 24.2 Å². The summed E-state index contributed by atoms with van der Waals surface area (Å²) in [6.45, 7) is 3.80. The number of aryl methyl sites for hydroxylation is 1. The lowest BCUT2D eigenvalue weighted by Crippen LogP contribution is -2.60. The molecule has 3 rings (SSSR count). The Morgan fingerprint density at radius 2 is 2.24 bits per heavy atom. The van der Waals surface area contributed by atoms with E-state index >= 15 is 0 Å². The van der Waals surface area contributed by atoms with Crippen molar-refractivity contribution in [1.29, 1.82) is 0 Å². The summed E-state index contributed by atoms with van der Waals surface area (Å²) >= 11 is 0. The Labute approximate surface area is 102 Å². The highest BCUT2D eigenvalue weighted by molar-refractivity contribution is 7.19. The van der Waals surface area contributed by atoms with Crippen LogP contribution in [0.4, 0.5) is 5.69 Å². The van der Waals surface area contributed by atoms with E-state index in [0.717, 1.165) is 30.2 Å². The summed E-state index contributed by atoms with van der Waals surface area (Å²) in [6.07, 6.45) is 1.98. The quantitative estimate of drug-likeness (QED) is 0.787. The van der Waals surface area contributed by atoms with Gasteiger partial charge in [0.15, 0.2) is 5.65 Å². The molecule has 0 saturated carbocycles. The molecule has 2 aromatic heterocycles. The molecule has 17 heavy (non-hydrogen) atoms. The standard InChI is InChI=1S/C11H15N4OP/c1-8-12-10-3-2-9(4-15(10)13-8)14-5-11(17,6-14)7-16/h2-4,16H,5-7,17H2,1H3. The molecular weight excluding hydrogens is 235 g/mol. The van der Waals surface area contributed by atoms with E-state index in [-0.39, 0.29) is 11.8 Å². The van der Waals surface area contributed by atoms with Gasteiger partial charge in [0.05, 0.1) is 18.5 Å². The van der Waals surface area contributed by atoms with Gasteiger partial charge in [0.25, 0.3) is 0 Å². The molecule has 0 aliphatic carbocycles. The molecule has 2 aromatic rings. The number of fused-ring (bicyclic) bond motifs is 1. The first-order valence-electron chi connectivity index (χ1n) is 5.57. The summed E-state index contributed by atoms with van der Waals surface area (Å²) in [5, 5.41) is 13.5. The van der Waals surface area contributed by atoms with Crippen LogP contribution in [-0.2, 0) is 0 Å². The SMILES string of the molecule is Cc1nc2ccc(N3CC(P)(CO)C3)cn2n1. The summed E-state index contributed by atoms with van der Waals surface area (Å²) < 4.78 is 1.80. The number of anilines is 1. The maximum absolute atomic E-state index is 9.21. The predicted octanol–water partition coefficient (Wildman–Crippen LogP) is 0.464. The summed E-state index contributed by atoms with van der Waals surface area (Å²) in [5.74, 6) is 0.779. The number of hydrogen-bond acceptors (Lipinski definition) is 4. The fourth-order valence-electron chi connectivity index (χ4n) is 2.17. The van der Waals surface area contributed by atoms with Crippen LogP contribution in [0, 0.1) is 6.92 Å². The topological polar surface area (TPSA) is 53.7 Å². The van der Waals surface area contributed by atoms with E-state index in [1.165, 1.54) is 0 Å². The van der Waals surface area contributed by atoms with Gasteiger partial charge in [-0.2, -0.15) is 5.10 Å². The fourth-order valence-corrected chi connectivity index (χ4v) is 2.61. The molecular formula is C11H15N4OP. The van der Waals surface area contributed by atoms with E-state index in [4.69, 9.17) is 0 Å². The average molecular weight is 250 g/mol. The van der Waals surface area contributed by atoms with Crippen molar-refractivity contribution in [2.45, 2.75) is 12.1 Å². The predicted molar refractivity (Wildman–Crippen MR) is 69.5 cm³/mol. The summed E-state index contributed by atoms with van der Waals surface area (Å²) in [6, 6.07) is 4.02. The second-order valence-electron chi connectivity index (χ2n) is 4.73. The third-order valence-electron chi connectivity index (χ3n) is 3.11. The van der Waals surface area contributed by atoms with Crippen molar-refractivity contribution in [3.63, 3.8) is 0 Å². The first-order valence-corrected chi connectivity index (χ1v) is 6.15. The zero-order chi connectivity index (χ0) is 12.0. The van der Waals surface area contributed by atoms with Crippen LogP contribution >= 0.6 is 9.24 Å². The molecule has 3 heterocycles. The fraction of sp³-hybridized carbons (Fsp3) is 0.455. The van der Waals surface area contributed by atoms with Crippen LogP contribution in [-0.4, -0.2) is 44.6 Å². The van der Waals surface area contributed by atoms with E-state index in [1.54, 1.807) is 4.52 Å². The Morgan fingerprint density at radius 1 is 1.47 bits per heavy atom. The molecule has 1 fully saturated rings. The number of aromatic nitrogens is 3. The summed E-state index contributed by atoms with van der Waals surface area (Å²) in [4.78, 5) is 6.51. The van der Waals surface area contributed by atoms with Gasteiger partial charge in [-0.3, -0.25) is 0 Å². The van der Waals surface area contributed by atoms with Gasteiger partial charge in [-0.15, -0.1) is 9.24 Å². The van der Waals surface area contributed by atoms with Crippen LogP contribution in [0.5, 0.6) is 0 Å². The smallest absolute Gasteiger partial charge is 0.155 e. The molecule has 0 radical (unpaired) electrons. The van der Waals surface area contributed by atoms with Gasteiger partial charge in [-0.05, 0) is 19.1 Å². The van der Waals surface area contributed by atoms with Crippen LogP contribution < -0.4 is 4.90 Å². The zero-order valence-electron chi connectivity index (χ0n) is 9.67. The van der Waals surface area contributed by atoms with Gasteiger partial charge in [0, 0.05) is 18.2 Å². The largest absolute Gasteiger partial charge is 0.395 e. The number of aliphatic hydroxyl groups is 1. The third kappa shape index (κ3) is 1.79. The molecule has 90 valence electrons. The zero-order valence-corrected chi connectivity index (χ0v) is 10.8. The number of aliphatic hydroxyl groups excluding tert-OH is 1. The monoisotopic (exact) mass is 250 g/mol. The Balaban J connectivity index is 1.87. The minimum absolute atomic E-state index is 0.0345. The van der Waals surface area contributed by atoms with E-state index in [9.17, 15) is 5.11 Å². The molecule has 0 amide bonds. The van der Waals surface area contributed by atoms with E-state index in [0.29, 0.717) is 0 Å². The molecule has 1 N–H and O–H groups in total. The van der Waals surface area contributed by atoms with Crippen molar-refractivity contribution in [3.05, 3.63) is 24.2 Å². The Morgan fingerprint density at radius 3 is 2.94 bits per heavy atom. The van der Waals surface area contributed by atoms with Crippen LogP contribution in [0.15, 0.2) is 18.3 Å². The van der Waals surface area contributed by atoms with Gasteiger partial charge < -0.3 is 10.0 Å². The van der Waals surface area contributed by atoms with Gasteiger partial charge in [0.1, 0.15) is 5.82 Å². The molecule has 1 aliphatic heterocycles. The first-order chi connectivity index (χ1) is 8.09. The molecule has 0 bridgehead atoms. The van der Waals surface area contributed by atoms with Gasteiger partial charge in [0.2, 0.25) is 0 Å². The average Bonchev–Trinajstić information content (AvgIpc) is 2.63. The van der Waals surface area contributed by atoms with Gasteiger partial charge in [-0.1, -0.05) is 0 Å². The van der Waals surface area contributed by atoms with Crippen LogP contribution in [0.1, 0.15) is 5.82 Å². The third-order valence-corrected chi connectivity index (χ3v) is 3.66. The highest BCUT2D eigenvalue weighted by Gasteiger charge is 2.38. The van der Waals surface area contributed by atoms with Crippen molar-refractivity contribution in [2.75, 3.05) is 24.6 Å². The Bertz CT molecular complexity index is 562. The lowest BCUT2D eigenvalue weighted by atomic mass is 9.99. The maximum atomic E-state index is 9.21. The van der Waals surface area contributed by atoms with Gasteiger partial charge in [-0.25, -0.2) is 9.50 Å². The second kappa shape index (κ2) is 3.65. The minimum Gasteiger partial charge on any atom is -0.395 e. The Hall–Kier alpha value is -1.19. The molecule has 6 heteroatoms. The lowest BCUT2D eigenvalue weighted by Gasteiger charge is -2.48. The number of nitrogens with zero attached hydrogens (tertiary/aromatic N) is 4. The molecule has 1 aliphatic rings. The van der Waals surface area contributed by atoms with Crippen molar-refractivity contribution >= 4 is 20.6 Å².